The Morgan fingerprint density at radius 2 is 1.60 bits per heavy atom. The molecule has 1 amide bonds. The van der Waals surface area contributed by atoms with Crippen molar-refractivity contribution >= 4 is 34.8 Å². The summed E-state index contributed by atoms with van der Waals surface area (Å²) < 4.78 is 5.73. The van der Waals surface area contributed by atoms with Crippen molar-refractivity contribution in [3.8, 4) is 11.3 Å². The number of nitrogens with one attached hydrogen (secondary N) is 1. The van der Waals surface area contributed by atoms with Crippen LogP contribution in [-0.2, 0) is 0 Å². The molecular weight excluding hydrogens is 357 g/mol. The van der Waals surface area contributed by atoms with Gasteiger partial charge in [0.2, 0.25) is 0 Å². The van der Waals surface area contributed by atoms with Gasteiger partial charge in [0.25, 0.3) is 5.91 Å². The van der Waals surface area contributed by atoms with E-state index in [4.69, 9.17) is 27.6 Å². The van der Waals surface area contributed by atoms with E-state index in [2.05, 4.69) is 5.32 Å². The SMILES string of the molecule is Cc1ccc(NC(=O)c2cc(-c3cc(Cl)cc(Cl)c3)oc2C)cc1C. The molecule has 1 heterocycles. The number of benzene rings is 2. The van der Waals surface area contributed by atoms with Gasteiger partial charge in [-0.1, -0.05) is 29.3 Å². The average molecular weight is 374 g/mol. The molecule has 5 heteroatoms. The average Bonchev–Trinajstić information content (AvgIpc) is 2.92. The monoisotopic (exact) mass is 373 g/mol. The highest BCUT2D eigenvalue weighted by molar-refractivity contribution is 6.35. The second-order valence-electron chi connectivity index (χ2n) is 5.99. The lowest BCUT2D eigenvalue weighted by atomic mass is 10.1. The summed E-state index contributed by atoms with van der Waals surface area (Å²) in [5, 5.41) is 3.93. The van der Waals surface area contributed by atoms with Crippen molar-refractivity contribution in [2.24, 2.45) is 0 Å². The number of carbonyl (C=O) groups is 1. The summed E-state index contributed by atoms with van der Waals surface area (Å²) in [6.45, 7) is 5.80. The molecule has 0 spiro atoms. The zero-order chi connectivity index (χ0) is 18.1. The molecule has 25 heavy (non-hydrogen) atoms. The first-order chi connectivity index (χ1) is 11.8. The molecule has 0 bridgehead atoms. The lowest BCUT2D eigenvalue weighted by Gasteiger charge is -2.07. The molecular formula is C20H17Cl2NO2. The third-order valence-electron chi connectivity index (χ3n) is 4.07. The molecule has 0 fully saturated rings. The Hall–Kier alpha value is -2.23. The topological polar surface area (TPSA) is 42.2 Å². The van der Waals surface area contributed by atoms with Gasteiger partial charge in [-0.3, -0.25) is 4.79 Å². The molecule has 1 N–H and O–H groups in total. The summed E-state index contributed by atoms with van der Waals surface area (Å²) in [6, 6.07) is 12.6. The number of hydrogen-bond donors (Lipinski definition) is 1. The number of amides is 1. The number of anilines is 1. The van der Waals surface area contributed by atoms with E-state index in [1.807, 2.05) is 32.0 Å². The van der Waals surface area contributed by atoms with Crippen molar-refractivity contribution in [3.63, 3.8) is 0 Å². The molecule has 0 saturated carbocycles. The van der Waals surface area contributed by atoms with Gasteiger partial charge in [0.1, 0.15) is 11.5 Å². The number of halogens is 2. The Morgan fingerprint density at radius 1 is 0.920 bits per heavy atom. The molecule has 0 atom stereocenters. The van der Waals surface area contributed by atoms with Crippen molar-refractivity contribution in [1.82, 2.24) is 0 Å². The molecule has 0 aliphatic carbocycles. The van der Waals surface area contributed by atoms with Crippen LogP contribution >= 0.6 is 23.2 Å². The molecule has 3 rings (SSSR count). The van der Waals surface area contributed by atoms with Gasteiger partial charge in [-0.2, -0.15) is 0 Å². The van der Waals surface area contributed by atoms with Gasteiger partial charge in [0.15, 0.2) is 0 Å². The molecule has 3 nitrogen and oxygen atoms in total. The van der Waals surface area contributed by atoms with Crippen LogP contribution in [-0.4, -0.2) is 5.91 Å². The van der Waals surface area contributed by atoms with Gasteiger partial charge >= 0.3 is 0 Å². The molecule has 0 unspecified atom stereocenters. The van der Waals surface area contributed by atoms with Gasteiger partial charge in [0.05, 0.1) is 5.56 Å². The summed E-state index contributed by atoms with van der Waals surface area (Å²) in [6.07, 6.45) is 0. The number of rotatable bonds is 3. The maximum Gasteiger partial charge on any atom is 0.259 e. The zero-order valence-electron chi connectivity index (χ0n) is 14.1. The molecule has 0 saturated heterocycles. The smallest absolute Gasteiger partial charge is 0.259 e. The zero-order valence-corrected chi connectivity index (χ0v) is 15.6. The van der Waals surface area contributed by atoms with Crippen LogP contribution in [0.2, 0.25) is 10.0 Å². The van der Waals surface area contributed by atoms with Gasteiger partial charge in [-0.05, 0) is 68.3 Å². The minimum absolute atomic E-state index is 0.219. The van der Waals surface area contributed by atoms with Gasteiger partial charge in [-0.25, -0.2) is 0 Å². The lowest BCUT2D eigenvalue weighted by Crippen LogP contribution is -2.12. The maximum atomic E-state index is 12.6. The lowest BCUT2D eigenvalue weighted by molar-refractivity contribution is 0.102. The van der Waals surface area contributed by atoms with Crippen LogP contribution in [0.25, 0.3) is 11.3 Å². The fourth-order valence-corrected chi connectivity index (χ4v) is 3.09. The van der Waals surface area contributed by atoms with Crippen molar-refractivity contribution in [3.05, 3.63) is 75.0 Å². The molecule has 2 aromatic carbocycles. The van der Waals surface area contributed by atoms with Gasteiger partial charge < -0.3 is 9.73 Å². The molecule has 1 aromatic heterocycles. The Labute approximate surface area is 156 Å². The van der Waals surface area contributed by atoms with E-state index < -0.39 is 0 Å². The fourth-order valence-electron chi connectivity index (χ4n) is 2.56. The number of carbonyl (C=O) groups excluding carboxylic acids is 1. The normalized spacial score (nSPS) is 10.8. The Morgan fingerprint density at radius 3 is 2.24 bits per heavy atom. The van der Waals surface area contributed by atoms with E-state index in [1.54, 1.807) is 31.2 Å². The predicted octanol–water partition coefficient (Wildman–Crippen LogP) is 6.43. The first kappa shape index (κ1) is 17.6. The van der Waals surface area contributed by atoms with Crippen molar-refractivity contribution < 1.29 is 9.21 Å². The first-order valence-electron chi connectivity index (χ1n) is 7.79. The fraction of sp³-hybridized carbons (Fsp3) is 0.150. The Bertz CT molecular complexity index is 940. The van der Waals surface area contributed by atoms with E-state index >= 15 is 0 Å². The van der Waals surface area contributed by atoms with Crippen molar-refractivity contribution in [1.29, 1.82) is 0 Å². The highest BCUT2D eigenvalue weighted by Gasteiger charge is 2.17. The quantitative estimate of drug-likeness (QED) is 0.574. The molecule has 0 radical (unpaired) electrons. The Kier molecular flexibility index (Phi) is 4.89. The first-order valence-corrected chi connectivity index (χ1v) is 8.54. The summed E-state index contributed by atoms with van der Waals surface area (Å²) >= 11 is 12.1. The third-order valence-corrected chi connectivity index (χ3v) is 4.51. The third kappa shape index (κ3) is 3.89. The summed E-state index contributed by atoms with van der Waals surface area (Å²) in [5.74, 6) is 0.864. The number of hydrogen-bond acceptors (Lipinski definition) is 2. The second-order valence-corrected chi connectivity index (χ2v) is 6.86. The van der Waals surface area contributed by atoms with Crippen LogP contribution in [0, 0.1) is 20.8 Å². The molecule has 128 valence electrons. The standard InChI is InChI=1S/C20H17Cl2NO2/c1-11-4-5-17(6-12(11)2)23-20(24)18-10-19(25-13(18)3)14-7-15(21)9-16(22)8-14/h4-10H,1-3H3,(H,23,24). The van der Waals surface area contributed by atoms with Crippen LogP contribution in [0.5, 0.6) is 0 Å². The van der Waals surface area contributed by atoms with Crippen LogP contribution in [0.15, 0.2) is 46.9 Å². The van der Waals surface area contributed by atoms with E-state index in [-0.39, 0.29) is 5.91 Å². The second kappa shape index (κ2) is 6.95. The van der Waals surface area contributed by atoms with Crippen LogP contribution < -0.4 is 5.32 Å². The summed E-state index contributed by atoms with van der Waals surface area (Å²) in [7, 11) is 0. The van der Waals surface area contributed by atoms with Crippen LogP contribution in [0.3, 0.4) is 0 Å². The van der Waals surface area contributed by atoms with E-state index in [9.17, 15) is 4.79 Å². The Balaban J connectivity index is 1.88. The van der Waals surface area contributed by atoms with E-state index in [1.165, 1.54) is 5.56 Å². The highest BCUT2D eigenvalue weighted by atomic mass is 35.5. The minimum Gasteiger partial charge on any atom is -0.461 e. The van der Waals surface area contributed by atoms with Crippen LogP contribution in [0.1, 0.15) is 27.2 Å². The number of aryl methyl sites for hydroxylation is 3. The minimum atomic E-state index is -0.219. The van der Waals surface area contributed by atoms with Crippen molar-refractivity contribution in [2.75, 3.05) is 5.32 Å². The van der Waals surface area contributed by atoms with E-state index in [0.717, 1.165) is 16.8 Å². The van der Waals surface area contributed by atoms with Gasteiger partial charge in [0, 0.05) is 21.3 Å². The summed E-state index contributed by atoms with van der Waals surface area (Å²) in [5.41, 5.74) is 4.25. The molecule has 0 aliphatic heterocycles. The van der Waals surface area contributed by atoms with Crippen LogP contribution in [0.4, 0.5) is 5.69 Å². The highest BCUT2D eigenvalue weighted by Crippen LogP contribution is 2.30. The maximum absolute atomic E-state index is 12.6. The molecule has 0 aliphatic rings. The predicted molar refractivity (Wildman–Crippen MR) is 103 cm³/mol. The number of furan rings is 1. The molecule has 3 aromatic rings. The van der Waals surface area contributed by atoms with E-state index in [0.29, 0.717) is 27.1 Å². The largest absolute Gasteiger partial charge is 0.461 e. The van der Waals surface area contributed by atoms with Crippen molar-refractivity contribution in [2.45, 2.75) is 20.8 Å². The van der Waals surface area contributed by atoms with Gasteiger partial charge in [-0.15, -0.1) is 0 Å². The summed E-state index contributed by atoms with van der Waals surface area (Å²) in [4.78, 5) is 12.6.